The van der Waals surface area contributed by atoms with Gasteiger partial charge in [0.25, 0.3) is 0 Å². The molecule has 0 radical (unpaired) electrons. The first kappa shape index (κ1) is 20.6. The molecule has 3 aromatic heterocycles. The number of anilines is 1. The quantitative estimate of drug-likeness (QED) is 0.607. The van der Waals surface area contributed by atoms with Crippen LogP contribution >= 0.6 is 15.9 Å². The van der Waals surface area contributed by atoms with Crippen molar-refractivity contribution in [2.75, 3.05) is 18.8 Å². The number of nitrogens with two attached hydrogens (primary N) is 1. The first-order valence-corrected chi connectivity index (χ1v) is 10.7. The molecule has 0 aliphatic carbocycles. The molecule has 9 nitrogen and oxygen atoms in total. The van der Waals surface area contributed by atoms with E-state index in [1.807, 2.05) is 34.0 Å². The van der Waals surface area contributed by atoms with Crippen LogP contribution in [-0.2, 0) is 11.8 Å². The number of amides is 1. The molecule has 1 amide bonds. The lowest BCUT2D eigenvalue weighted by atomic mass is 9.94. The smallest absolute Gasteiger partial charge is 0.410 e. The van der Waals surface area contributed by atoms with Crippen molar-refractivity contribution in [3.63, 3.8) is 0 Å². The van der Waals surface area contributed by atoms with Crippen molar-refractivity contribution in [2.45, 2.75) is 45.1 Å². The van der Waals surface area contributed by atoms with E-state index in [9.17, 15) is 4.79 Å². The van der Waals surface area contributed by atoms with E-state index in [1.54, 1.807) is 26.5 Å². The van der Waals surface area contributed by atoms with Gasteiger partial charge >= 0.3 is 6.09 Å². The van der Waals surface area contributed by atoms with Gasteiger partial charge in [-0.15, -0.1) is 0 Å². The van der Waals surface area contributed by atoms with E-state index in [2.05, 4.69) is 26.1 Å². The highest BCUT2D eigenvalue weighted by Crippen LogP contribution is 2.36. The van der Waals surface area contributed by atoms with Crippen molar-refractivity contribution in [1.82, 2.24) is 29.3 Å². The van der Waals surface area contributed by atoms with Crippen LogP contribution < -0.4 is 5.73 Å². The van der Waals surface area contributed by atoms with Crippen LogP contribution in [0.4, 0.5) is 10.6 Å². The summed E-state index contributed by atoms with van der Waals surface area (Å²) in [5, 5.41) is 8.66. The summed E-state index contributed by atoms with van der Waals surface area (Å²) in [5.41, 5.74) is 9.16. The summed E-state index contributed by atoms with van der Waals surface area (Å²) in [6.45, 7) is 6.83. The van der Waals surface area contributed by atoms with E-state index >= 15 is 0 Å². The lowest BCUT2D eigenvalue weighted by molar-refractivity contribution is 0.0197. The number of rotatable bonds is 2. The fourth-order valence-corrected chi connectivity index (χ4v) is 4.32. The molecule has 0 aromatic carbocycles. The van der Waals surface area contributed by atoms with Crippen molar-refractivity contribution >= 4 is 33.5 Å². The van der Waals surface area contributed by atoms with Gasteiger partial charge in [-0.25, -0.2) is 9.78 Å². The number of hydrogen-bond donors (Lipinski definition) is 1. The number of hydrogen-bond acceptors (Lipinski definition) is 6. The predicted molar refractivity (Wildman–Crippen MR) is 117 cm³/mol. The Kier molecular flexibility index (Phi) is 5.21. The summed E-state index contributed by atoms with van der Waals surface area (Å²) < 4.78 is 9.64. The van der Waals surface area contributed by atoms with Crippen molar-refractivity contribution in [3.05, 3.63) is 28.8 Å². The molecule has 160 valence electrons. The Balaban J connectivity index is 1.69. The Bertz CT molecular complexity index is 1100. The van der Waals surface area contributed by atoms with Crippen molar-refractivity contribution in [2.24, 2.45) is 7.05 Å². The van der Waals surface area contributed by atoms with Crippen LogP contribution in [0, 0.1) is 0 Å². The van der Waals surface area contributed by atoms with Gasteiger partial charge in [0.05, 0.1) is 22.6 Å². The number of halogens is 1. The second kappa shape index (κ2) is 7.57. The number of likely N-dealkylation sites (tertiary alicyclic amines) is 1. The molecular formula is C20H26BrN7O2. The number of aromatic nitrogens is 5. The molecule has 0 unspecified atom stereocenters. The molecule has 1 fully saturated rings. The second-order valence-electron chi connectivity index (χ2n) is 8.66. The molecule has 0 saturated carbocycles. The lowest BCUT2D eigenvalue weighted by Gasteiger charge is -2.34. The maximum absolute atomic E-state index is 12.6. The maximum atomic E-state index is 12.6. The highest BCUT2D eigenvalue weighted by molar-refractivity contribution is 9.10. The van der Waals surface area contributed by atoms with E-state index in [-0.39, 0.29) is 12.0 Å². The van der Waals surface area contributed by atoms with Gasteiger partial charge in [-0.2, -0.15) is 14.7 Å². The molecule has 1 aliphatic rings. The number of nitrogens with zero attached hydrogens (tertiary/aromatic N) is 6. The molecule has 3 aromatic rings. The number of nitrogen functional groups attached to an aromatic ring is 1. The van der Waals surface area contributed by atoms with E-state index in [0.717, 1.165) is 29.7 Å². The minimum absolute atomic E-state index is 0.0459. The van der Waals surface area contributed by atoms with Crippen molar-refractivity contribution < 1.29 is 9.53 Å². The molecule has 4 heterocycles. The summed E-state index contributed by atoms with van der Waals surface area (Å²) in [7, 11) is 1.87. The number of piperidine rings is 1. The molecule has 2 N–H and O–H groups in total. The molecule has 10 heteroatoms. The monoisotopic (exact) mass is 475 g/mol. The standard InChI is InChI=1S/C20H26BrN7O2/c1-20(2,3)30-19(29)27-7-5-6-12(11-27)16-15(21)17(22)28-18(25-16)14(9-24-28)13-8-23-26(4)10-13/h8-10,12H,5-7,11,22H2,1-4H3/t12-/m1/s1. The fourth-order valence-electron chi connectivity index (χ4n) is 3.74. The van der Waals surface area contributed by atoms with Crippen molar-refractivity contribution in [1.29, 1.82) is 0 Å². The number of ether oxygens (including phenoxy) is 1. The van der Waals surface area contributed by atoms with E-state index in [1.165, 1.54) is 0 Å². The zero-order valence-corrected chi connectivity index (χ0v) is 19.2. The Hall–Kier alpha value is -2.62. The molecule has 1 aliphatic heterocycles. The Morgan fingerprint density at radius 1 is 1.30 bits per heavy atom. The zero-order chi connectivity index (χ0) is 21.6. The van der Waals surface area contributed by atoms with Gasteiger partial charge < -0.3 is 15.4 Å². The fraction of sp³-hybridized carbons (Fsp3) is 0.500. The van der Waals surface area contributed by atoms with Gasteiger partial charge in [0, 0.05) is 43.4 Å². The summed E-state index contributed by atoms with van der Waals surface area (Å²) in [6.07, 6.45) is 6.94. The molecule has 4 rings (SSSR count). The highest BCUT2D eigenvalue weighted by atomic mass is 79.9. The summed E-state index contributed by atoms with van der Waals surface area (Å²) in [5.74, 6) is 0.532. The van der Waals surface area contributed by atoms with Gasteiger partial charge in [-0.3, -0.25) is 4.68 Å². The maximum Gasteiger partial charge on any atom is 0.410 e. The third-order valence-corrected chi connectivity index (χ3v) is 5.94. The lowest BCUT2D eigenvalue weighted by Crippen LogP contribution is -2.42. The van der Waals surface area contributed by atoms with E-state index in [0.29, 0.717) is 29.0 Å². The third kappa shape index (κ3) is 3.88. The van der Waals surface area contributed by atoms with Crippen LogP contribution in [0.25, 0.3) is 16.8 Å². The zero-order valence-electron chi connectivity index (χ0n) is 17.6. The summed E-state index contributed by atoms with van der Waals surface area (Å²) in [4.78, 5) is 19.3. The van der Waals surface area contributed by atoms with E-state index in [4.69, 9.17) is 15.5 Å². The normalized spacial score (nSPS) is 17.5. The van der Waals surface area contributed by atoms with Gasteiger partial charge in [-0.1, -0.05) is 0 Å². The average Bonchev–Trinajstić information content (AvgIpc) is 3.29. The number of carbonyl (C=O) groups is 1. The van der Waals surface area contributed by atoms with Crippen LogP contribution in [0.2, 0.25) is 0 Å². The van der Waals surface area contributed by atoms with Crippen LogP contribution in [0.1, 0.15) is 45.2 Å². The average molecular weight is 476 g/mol. The largest absolute Gasteiger partial charge is 0.444 e. The van der Waals surface area contributed by atoms with Gasteiger partial charge in [0.2, 0.25) is 0 Å². The summed E-state index contributed by atoms with van der Waals surface area (Å²) in [6, 6.07) is 0. The Labute approximate surface area is 183 Å². The van der Waals surface area contributed by atoms with Crippen LogP contribution in [0.15, 0.2) is 23.1 Å². The molecule has 0 spiro atoms. The van der Waals surface area contributed by atoms with Crippen LogP contribution in [0.3, 0.4) is 0 Å². The Morgan fingerprint density at radius 2 is 2.07 bits per heavy atom. The minimum Gasteiger partial charge on any atom is -0.444 e. The van der Waals surface area contributed by atoms with Gasteiger partial charge in [0.15, 0.2) is 5.65 Å². The van der Waals surface area contributed by atoms with Gasteiger partial charge in [0.1, 0.15) is 11.4 Å². The molecule has 1 saturated heterocycles. The highest BCUT2D eigenvalue weighted by Gasteiger charge is 2.31. The van der Waals surface area contributed by atoms with Crippen LogP contribution in [-0.4, -0.2) is 54.1 Å². The summed E-state index contributed by atoms with van der Waals surface area (Å²) >= 11 is 3.61. The first-order valence-electron chi connectivity index (χ1n) is 9.93. The minimum atomic E-state index is -0.525. The van der Waals surface area contributed by atoms with E-state index < -0.39 is 5.60 Å². The predicted octanol–water partition coefficient (Wildman–Crippen LogP) is 3.59. The third-order valence-electron chi connectivity index (χ3n) is 5.12. The first-order chi connectivity index (χ1) is 14.1. The number of fused-ring (bicyclic) bond motifs is 1. The SMILES string of the molecule is Cn1cc(-c2cnn3c(N)c(Br)c([C@@H]4CCCN(C(=O)OC(C)(C)C)C4)nc23)cn1. The molecule has 1 atom stereocenters. The van der Waals surface area contributed by atoms with Crippen LogP contribution in [0.5, 0.6) is 0 Å². The van der Waals surface area contributed by atoms with Gasteiger partial charge in [-0.05, 0) is 49.5 Å². The second-order valence-corrected chi connectivity index (χ2v) is 9.45. The van der Waals surface area contributed by atoms with Crippen molar-refractivity contribution in [3.8, 4) is 11.1 Å². The topological polar surface area (TPSA) is 104 Å². The number of carbonyl (C=O) groups excluding carboxylic acids is 1. The molecule has 30 heavy (non-hydrogen) atoms. The molecule has 0 bridgehead atoms. The number of aryl methyl sites for hydroxylation is 1. The Morgan fingerprint density at radius 3 is 2.73 bits per heavy atom. The molecular weight excluding hydrogens is 450 g/mol.